The molecular formula is C10H15NO2. The molecule has 1 rings (SSSR count). The van der Waals surface area contributed by atoms with E-state index in [-0.39, 0.29) is 0 Å². The SMILES string of the molecule is C[C@H](O)[C@@H](O)c1ccccc1CN. The molecule has 4 N–H and O–H groups in total. The predicted molar refractivity (Wildman–Crippen MR) is 51.0 cm³/mol. The average molecular weight is 181 g/mol. The minimum atomic E-state index is -0.847. The molecule has 0 saturated carbocycles. The Morgan fingerprint density at radius 1 is 1.31 bits per heavy atom. The van der Waals surface area contributed by atoms with Gasteiger partial charge >= 0.3 is 0 Å². The van der Waals surface area contributed by atoms with Crippen LogP contribution in [0.2, 0.25) is 0 Å². The summed E-state index contributed by atoms with van der Waals surface area (Å²) >= 11 is 0. The van der Waals surface area contributed by atoms with E-state index in [1.807, 2.05) is 18.2 Å². The topological polar surface area (TPSA) is 66.5 Å². The molecule has 72 valence electrons. The summed E-state index contributed by atoms with van der Waals surface area (Å²) in [4.78, 5) is 0. The van der Waals surface area contributed by atoms with E-state index < -0.39 is 12.2 Å². The van der Waals surface area contributed by atoms with Crippen LogP contribution in [-0.4, -0.2) is 16.3 Å². The first-order valence-corrected chi connectivity index (χ1v) is 4.30. The minimum absolute atomic E-state index is 0.375. The molecule has 0 fully saturated rings. The van der Waals surface area contributed by atoms with Gasteiger partial charge in [0.15, 0.2) is 0 Å². The van der Waals surface area contributed by atoms with Crippen molar-refractivity contribution >= 4 is 0 Å². The van der Waals surface area contributed by atoms with E-state index in [1.54, 1.807) is 13.0 Å². The maximum atomic E-state index is 9.60. The van der Waals surface area contributed by atoms with E-state index in [0.717, 1.165) is 5.56 Å². The van der Waals surface area contributed by atoms with Crippen molar-refractivity contribution < 1.29 is 10.2 Å². The van der Waals surface area contributed by atoms with E-state index >= 15 is 0 Å². The van der Waals surface area contributed by atoms with Crippen molar-refractivity contribution in [3.8, 4) is 0 Å². The number of nitrogens with two attached hydrogens (primary N) is 1. The van der Waals surface area contributed by atoms with Crippen LogP contribution in [0.15, 0.2) is 24.3 Å². The zero-order valence-electron chi connectivity index (χ0n) is 7.64. The molecule has 0 aliphatic heterocycles. The molecule has 0 unspecified atom stereocenters. The first-order chi connectivity index (χ1) is 6.16. The number of rotatable bonds is 3. The highest BCUT2D eigenvalue weighted by molar-refractivity contribution is 5.29. The van der Waals surface area contributed by atoms with E-state index in [1.165, 1.54) is 0 Å². The van der Waals surface area contributed by atoms with Crippen molar-refractivity contribution in [2.75, 3.05) is 0 Å². The van der Waals surface area contributed by atoms with Crippen molar-refractivity contribution in [3.05, 3.63) is 35.4 Å². The monoisotopic (exact) mass is 181 g/mol. The summed E-state index contributed by atoms with van der Waals surface area (Å²) in [7, 11) is 0. The van der Waals surface area contributed by atoms with E-state index in [0.29, 0.717) is 12.1 Å². The number of hydrogen-bond acceptors (Lipinski definition) is 3. The number of aliphatic hydroxyl groups excluding tert-OH is 2. The Labute approximate surface area is 77.8 Å². The molecular weight excluding hydrogens is 166 g/mol. The second-order valence-corrected chi connectivity index (χ2v) is 3.09. The van der Waals surface area contributed by atoms with Crippen LogP contribution in [0.25, 0.3) is 0 Å². The Bertz CT molecular complexity index is 273. The van der Waals surface area contributed by atoms with Crippen molar-refractivity contribution in [2.24, 2.45) is 5.73 Å². The highest BCUT2D eigenvalue weighted by atomic mass is 16.3. The minimum Gasteiger partial charge on any atom is -0.390 e. The summed E-state index contributed by atoms with van der Waals surface area (Å²) in [6, 6.07) is 7.31. The van der Waals surface area contributed by atoms with Gasteiger partial charge in [0.1, 0.15) is 6.10 Å². The quantitative estimate of drug-likeness (QED) is 0.638. The van der Waals surface area contributed by atoms with Crippen molar-refractivity contribution in [2.45, 2.75) is 25.7 Å². The van der Waals surface area contributed by atoms with Gasteiger partial charge in [-0.2, -0.15) is 0 Å². The fourth-order valence-electron chi connectivity index (χ4n) is 1.27. The number of benzene rings is 1. The third-order valence-corrected chi connectivity index (χ3v) is 2.05. The average Bonchev–Trinajstić information content (AvgIpc) is 2.16. The Balaban J connectivity index is 2.98. The Morgan fingerprint density at radius 2 is 1.92 bits per heavy atom. The molecule has 1 aromatic carbocycles. The molecule has 2 atom stereocenters. The highest BCUT2D eigenvalue weighted by Gasteiger charge is 2.15. The zero-order valence-corrected chi connectivity index (χ0v) is 7.64. The first kappa shape index (κ1) is 10.2. The van der Waals surface area contributed by atoms with Gasteiger partial charge in [0.05, 0.1) is 6.10 Å². The van der Waals surface area contributed by atoms with Crippen LogP contribution in [0.3, 0.4) is 0 Å². The van der Waals surface area contributed by atoms with Gasteiger partial charge in [-0.05, 0) is 18.1 Å². The molecule has 3 nitrogen and oxygen atoms in total. The van der Waals surface area contributed by atoms with Crippen molar-refractivity contribution in [1.29, 1.82) is 0 Å². The predicted octanol–water partition coefficient (Wildman–Crippen LogP) is 0.560. The van der Waals surface area contributed by atoms with E-state index in [4.69, 9.17) is 5.73 Å². The lowest BCUT2D eigenvalue weighted by molar-refractivity contribution is 0.0300. The summed E-state index contributed by atoms with van der Waals surface area (Å²) in [5, 5.41) is 18.8. The van der Waals surface area contributed by atoms with Gasteiger partial charge in [-0.15, -0.1) is 0 Å². The van der Waals surface area contributed by atoms with Gasteiger partial charge in [0.25, 0.3) is 0 Å². The molecule has 0 amide bonds. The van der Waals surface area contributed by atoms with Crippen molar-refractivity contribution in [1.82, 2.24) is 0 Å². The van der Waals surface area contributed by atoms with Crippen LogP contribution < -0.4 is 5.73 Å². The molecule has 0 heterocycles. The molecule has 0 bridgehead atoms. The smallest absolute Gasteiger partial charge is 0.105 e. The van der Waals surface area contributed by atoms with Gasteiger partial charge in [0.2, 0.25) is 0 Å². The standard InChI is InChI=1S/C10H15NO2/c1-7(12)10(13)9-5-3-2-4-8(9)6-11/h2-5,7,10,12-13H,6,11H2,1H3/t7-,10+/m0/s1. The van der Waals surface area contributed by atoms with Crippen LogP contribution in [0.4, 0.5) is 0 Å². The highest BCUT2D eigenvalue weighted by Crippen LogP contribution is 2.20. The summed E-state index contributed by atoms with van der Waals surface area (Å²) < 4.78 is 0. The largest absolute Gasteiger partial charge is 0.390 e. The summed E-state index contributed by atoms with van der Waals surface area (Å²) in [6.07, 6.45) is -1.62. The lowest BCUT2D eigenvalue weighted by Gasteiger charge is -2.16. The second-order valence-electron chi connectivity index (χ2n) is 3.09. The maximum absolute atomic E-state index is 9.60. The third-order valence-electron chi connectivity index (χ3n) is 2.05. The van der Waals surface area contributed by atoms with Gasteiger partial charge in [0, 0.05) is 6.54 Å². The van der Waals surface area contributed by atoms with Crippen LogP contribution in [0.1, 0.15) is 24.2 Å². The number of aliphatic hydroxyl groups is 2. The molecule has 0 aromatic heterocycles. The maximum Gasteiger partial charge on any atom is 0.105 e. The molecule has 13 heavy (non-hydrogen) atoms. The molecule has 0 aliphatic carbocycles. The second kappa shape index (κ2) is 4.37. The van der Waals surface area contributed by atoms with Crippen LogP contribution in [0, 0.1) is 0 Å². The van der Waals surface area contributed by atoms with Gasteiger partial charge < -0.3 is 15.9 Å². The molecule has 0 spiro atoms. The van der Waals surface area contributed by atoms with Gasteiger partial charge in [-0.3, -0.25) is 0 Å². The summed E-state index contributed by atoms with van der Waals surface area (Å²) in [6.45, 7) is 1.93. The fraction of sp³-hybridized carbons (Fsp3) is 0.400. The molecule has 1 aromatic rings. The van der Waals surface area contributed by atoms with Crippen LogP contribution >= 0.6 is 0 Å². The first-order valence-electron chi connectivity index (χ1n) is 4.30. The Morgan fingerprint density at radius 3 is 2.46 bits per heavy atom. The Hall–Kier alpha value is -0.900. The van der Waals surface area contributed by atoms with Crippen molar-refractivity contribution in [3.63, 3.8) is 0 Å². The lowest BCUT2D eigenvalue weighted by Crippen LogP contribution is -2.16. The lowest BCUT2D eigenvalue weighted by atomic mass is 9.99. The molecule has 0 aliphatic rings. The number of hydrogen-bond donors (Lipinski definition) is 3. The normalized spacial score (nSPS) is 15.4. The third kappa shape index (κ3) is 2.28. The Kier molecular flexibility index (Phi) is 3.42. The van der Waals surface area contributed by atoms with Crippen LogP contribution in [-0.2, 0) is 6.54 Å². The van der Waals surface area contributed by atoms with Gasteiger partial charge in [-0.1, -0.05) is 24.3 Å². The molecule has 0 radical (unpaired) electrons. The summed E-state index contributed by atoms with van der Waals surface area (Å²) in [5.74, 6) is 0. The fourth-order valence-corrected chi connectivity index (χ4v) is 1.27. The summed E-state index contributed by atoms with van der Waals surface area (Å²) in [5.41, 5.74) is 7.08. The zero-order chi connectivity index (χ0) is 9.84. The van der Waals surface area contributed by atoms with Crippen LogP contribution in [0.5, 0.6) is 0 Å². The molecule has 0 saturated heterocycles. The van der Waals surface area contributed by atoms with E-state index in [9.17, 15) is 10.2 Å². The van der Waals surface area contributed by atoms with Gasteiger partial charge in [-0.25, -0.2) is 0 Å². The van der Waals surface area contributed by atoms with E-state index in [2.05, 4.69) is 0 Å². The molecule has 3 heteroatoms.